The van der Waals surface area contributed by atoms with Crippen molar-refractivity contribution in [2.24, 2.45) is 11.3 Å². The van der Waals surface area contributed by atoms with Gasteiger partial charge in [0.25, 0.3) is 0 Å². The van der Waals surface area contributed by atoms with Gasteiger partial charge in [-0.3, -0.25) is 0 Å². The van der Waals surface area contributed by atoms with Crippen LogP contribution in [0.3, 0.4) is 0 Å². The molecule has 0 radical (unpaired) electrons. The maximum Gasteiger partial charge on any atom is 0.162 e. The number of furan rings is 1. The quantitative estimate of drug-likeness (QED) is 0.851. The Kier molecular flexibility index (Phi) is 4.36. The molecule has 0 aliphatic heterocycles. The summed E-state index contributed by atoms with van der Waals surface area (Å²) in [4.78, 5) is 0. The van der Waals surface area contributed by atoms with Gasteiger partial charge in [-0.1, -0.05) is 19.0 Å². The molecule has 2 heterocycles. The van der Waals surface area contributed by atoms with Crippen molar-refractivity contribution in [2.75, 3.05) is 7.11 Å². The molecule has 0 spiro atoms. The molecule has 1 saturated carbocycles. The van der Waals surface area contributed by atoms with Gasteiger partial charge in [0, 0.05) is 19.2 Å². The number of hydrogen-bond donors (Lipinski definition) is 1. The first-order valence-corrected chi connectivity index (χ1v) is 7.78. The molecule has 1 aliphatic carbocycles. The van der Waals surface area contributed by atoms with Gasteiger partial charge < -0.3 is 19.0 Å². The maximum atomic E-state index is 5.37. The third kappa shape index (κ3) is 3.10. The fourth-order valence-electron chi connectivity index (χ4n) is 3.26. The predicted molar refractivity (Wildman–Crippen MR) is 82.1 cm³/mol. The van der Waals surface area contributed by atoms with Crippen LogP contribution in [0.4, 0.5) is 0 Å². The third-order valence-corrected chi connectivity index (χ3v) is 4.92. The normalized spacial score (nSPS) is 23.4. The predicted octanol–water partition coefficient (Wildman–Crippen LogP) is 3.16. The molecule has 2 aromatic rings. The van der Waals surface area contributed by atoms with E-state index in [4.69, 9.17) is 13.7 Å². The topological polar surface area (TPSA) is 60.4 Å². The zero-order valence-electron chi connectivity index (χ0n) is 13.5. The number of hydrogen-bond acceptors (Lipinski definition) is 5. The Labute approximate surface area is 131 Å². The largest absolute Gasteiger partial charge is 0.468 e. The lowest BCUT2D eigenvalue weighted by Crippen LogP contribution is -2.57. The number of methoxy groups -OCH3 is 1. The van der Waals surface area contributed by atoms with Crippen molar-refractivity contribution in [3.8, 4) is 0 Å². The van der Waals surface area contributed by atoms with Gasteiger partial charge in [0.15, 0.2) is 5.76 Å². The Morgan fingerprint density at radius 1 is 1.41 bits per heavy atom. The Bertz CT molecular complexity index is 589. The first-order chi connectivity index (χ1) is 10.6. The SMILES string of the molecule is COCc1cc(C[C@@H]2C[C@H](NCc3ccco3)C2(C)C)no1. The molecule has 22 heavy (non-hydrogen) atoms. The summed E-state index contributed by atoms with van der Waals surface area (Å²) in [6.07, 6.45) is 3.83. The highest BCUT2D eigenvalue weighted by molar-refractivity contribution is 5.11. The minimum Gasteiger partial charge on any atom is -0.468 e. The molecule has 2 atom stereocenters. The molecule has 0 unspecified atom stereocenters. The summed E-state index contributed by atoms with van der Waals surface area (Å²) in [6, 6.07) is 6.44. The summed E-state index contributed by atoms with van der Waals surface area (Å²) in [5, 5.41) is 7.74. The lowest BCUT2D eigenvalue weighted by Gasteiger charge is -2.52. The first kappa shape index (κ1) is 15.3. The lowest BCUT2D eigenvalue weighted by atomic mass is 9.57. The van der Waals surface area contributed by atoms with Crippen LogP contribution in [0.25, 0.3) is 0 Å². The first-order valence-electron chi connectivity index (χ1n) is 7.78. The molecule has 1 N–H and O–H groups in total. The third-order valence-electron chi connectivity index (χ3n) is 4.92. The Morgan fingerprint density at radius 2 is 2.27 bits per heavy atom. The van der Waals surface area contributed by atoms with Crippen molar-refractivity contribution < 1.29 is 13.7 Å². The number of aromatic nitrogens is 1. The van der Waals surface area contributed by atoms with Gasteiger partial charge in [0.1, 0.15) is 12.4 Å². The summed E-state index contributed by atoms with van der Waals surface area (Å²) < 4.78 is 15.7. The highest BCUT2D eigenvalue weighted by Crippen LogP contribution is 2.47. The smallest absolute Gasteiger partial charge is 0.162 e. The Morgan fingerprint density at radius 3 is 2.95 bits per heavy atom. The van der Waals surface area contributed by atoms with E-state index in [1.807, 2.05) is 18.2 Å². The lowest BCUT2D eigenvalue weighted by molar-refractivity contribution is 0.0115. The van der Waals surface area contributed by atoms with Crippen LogP contribution in [-0.4, -0.2) is 18.3 Å². The van der Waals surface area contributed by atoms with Crippen LogP contribution in [-0.2, 0) is 24.3 Å². The van der Waals surface area contributed by atoms with Gasteiger partial charge in [-0.2, -0.15) is 0 Å². The molecule has 5 nitrogen and oxygen atoms in total. The number of ether oxygens (including phenoxy) is 1. The van der Waals surface area contributed by atoms with Crippen LogP contribution in [0.1, 0.15) is 37.5 Å². The van der Waals surface area contributed by atoms with E-state index >= 15 is 0 Å². The molecule has 0 amide bonds. The van der Waals surface area contributed by atoms with Crippen LogP contribution >= 0.6 is 0 Å². The van der Waals surface area contributed by atoms with Gasteiger partial charge in [-0.15, -0.1) is 0 Å². The van der Waals surface area contributed by atoms with E-state index in [0.29, 0.717) is 18.6 Å². The number of rotatable bonds is 7. The molecule has 0 bridgehead atoms. The van der Waals surface area contributed by atoms with Gasteiger partial charge in [-0.25, -0.2) is 0 Å². The Hall–Kier alpha value is -1.59. The van der Waals surface area contributed by atoms with Crippen LogP contribution in [0, 0.1) is 11.3 Å². The highest BCUT2D eigenvalue weighted by Gasteiger charge is 2.47. The molecule has 2 aromatic heterocycles. The summed E-state index contributed by atoms with van der Waals surface area (Å²) in [6.45, 7) is 5.90. The second kappa shape index (κ2) is 6.26. The highest BCUT2D eigenvalue weighted by atomic mass is 16.5. The fourth-order valence-corrected chi connectivity index (χ4v) is 3.26. The maximum absolute atomic E-state index is 5.37. The van der Waals surface area contributed by atoms with E-state index in [0.717, 1.165) is 36.6 Å². The second-order valence-corrected chi connectivity index (χ2v) is 6.69. The van der Waals surface area contributed by atoms with E-state index < -0.39 is 0 Å². The molecule has 5 heteroatoms. The van der Waals surface area contributed by atoms with E-state index in [1.165, 1.54) is 0 Å². The van der Waals surface area contributed by atoms with E-state index in [1.54, 1.807) is 13.4 Å². The molecular formula is C17H24N2O3. The van der Waals surface area contributed by atoms with Crippen LogP contribution < -0.4 is 5.32 Å². The standard InChI is InChI=1S/C17H24N2O3/c1-17(2)12(7-13-9-15(11-20-3)22-19-13)8-16(17)18-10-14-5-4-6-21-14/h4-6,9,12,16,18H,7-8,10-11H2,1-3H3/t12-,16+/m1/s1. The molecule has 0 saturated heterocycles. The minimum atomic E-state index is 0.243. The van der Waals surface area contributed by atoms with Crippen LogP contribution in [0.15, 0.2) is 33.4 Å². The summed E-state index contributed by atoms with van der Waals surface area (Å²) in [7, 11) is 1.66. The van der Waals surface area contributed by atoms with Crippen molar-refractivity contribution >= 4 is 0 Å². The van der Waals surface area contributed by atoms with Crippen molar-refractivity contribution in [2.45, 2.75) is 45.9 Å². The minimum absolute atomic E-state index is 0.243. The summed E-state index contributed by atoms with van der Waals surface area (Å²) >= 11 is 0. The summed E-state index contributed by atoms with van der Waals surface area (Å²) in [5.41, 5.74) is 1.27. The molecule has 0 aromatic carbocycles. The second-order valence-electron chi connectivity index (χ2n) is 6.69. The number of nitrogens with one attached hydrogen (secondary N) is 1. The zero-order valence-corrected chi connectivity index (χ0v) is 13.5. The fraction of sp³-hybridized carbons (Fsp3) is 0.588. The zero-order chi connectivity index (χ0) is 15.6. The average molecular weight is 304 g/mol. The van der Waals surface area contributed by atoms with Gasteiger partial charge in [0.2, 0.25) is 0 Å². The molecule has 120 valence electrons. The van der Waals surface area contributed by atoms with E-state index in [9.17, 15) is 0 Å². The molecule has 3 rings (SSSR count). The van der Waals surface area contributed by atoms with Crippen LogP contribution in [0.5, 0.6) is 0 Å². The van der Waals surface area contributed by atoms with E-state index in [-0.39, 0.29) is 5.41 Å². The molecule has 1 fully saturated rings. The average Bonchev–Trinajstić information content (AvgIpc) is 3.14. The molecular weight excluding hydrogens is 280 g/mol. The number of nitrogens with zero attached hydrogens (tertiary/aromatic N) is 1. The monoisotopic (exact) mass is 304 g/mol. The van der Waals surface area contributed by atoms with Crippen molar-refractivity contribution in [3.63, 3.8) is 0 Å². The Balaban J connectivity index is 1.51. The van der Waals surface area contributed by atoms with Gasteiger partial charge >= 0.3 is 0 Å². The van der Waals surface area contributed by atoms with Crippen molar-refractivity contribution in [3.05, 3.63) is 41.7 Å². The molecule has 1 aliphatic rings. The van der Waals surface area contributed by atoms with Gasteiger partial charge in [0.05, 0.1) is 18.5 Å². The summed E-state index contributed by atoms with van der Waals surface area (Å²) in [5.74, 6) is 2.39. The van der Waals surface area contributed by atoms with Gasteiger partial charge in [-0.05, 0) is 36.3 Å². The van der Waals surface area contributed by atoms with Crippen molar-refractivity contribution in [1.29, 1.82) is 0 Å². The van der Waals surface area contributed by atoms with E-state index in [2.05, 4.69) is 24.3 Å². The van der Waals surface area contributed by atoms with Crippen LogP contribution in [0.2, 0.25) is 0 Å². The van der Waals surface area contributed by atoms with Crippen molar-refractivity contribution in [1.82, 2.24) is 10.5 Å².